The van der Waals surface area contributed by atoms with Crippen LogP contribution in [-0.4, -0.2) is 5.78 Å². The Bertz CT molecular complexity index is 3540. The fourth-order valence-electron chi connectivity index (χ4n) is 10.9. The van der Waals surface area contributed by atoms with Crippen LogP contribution in [0.1, 0.15) is 15.9 Å². The van der Waals surface area contributed by atoms with E-state index >= 15 is 0 Å². The molecule has 12 aromatic carbocycles. The van der Waals surface area contributed by atoms with Crippen LogP contribution in [0, 0.1) is 0 Å². The Labute approximate surface area is 444 Å². The standard InChI is InChI=1S/C73H50N2O/c76-73-69-25-13-23-67(59-35-47-65(48-36-59)74(61-39-27-55(28-40-61)51-15-5-1-6-16-51)62-41-29-56(30-42-62)52-17-7-2-8-18-52)71(69)72-68(24-14-26-70(72)73)60-37-49-66(50-38-60)75(63-43-31-57(32-44-63)53-19-9-3-10-20-53)64-45-33-58(34-46-64)54-21-11-4-12-22-54/h1-50H. The van der Waals surface area contributed by atoms with Gasteiger partial charge in [-0.2, -0.15) is 0 Å². The Morgan fingerprint density at radius 1 is 0.171 bits per heavy atom. The van der Waals surface area contributed by atoms with Crippen molar-refractivity contribution in [2.75, 3.05) is 9.80 Å². The number of carbonyl (C=O) groups is 1. The molecule has 0 bridgehead atoms. The number of benzene rings is 12. The van der Waals surface area contributed by atoms with E-state index in [2.05, 4.69) is 289 Å². The molecule has 0 amide bonds. The molecule has 1 aliphatic carbocycles. The zero-order valence-electron chi connectivity index (χ0n) is 41.7. The minimum atomic E-state index is 0.0510. The number of hydrogen-bond acceptors (Lipinski definition) is 3. The number of hydrogen-bond donors (Lipinski definition) is 0. The van der Waals surface area contributed by atoms with Crippen LogP contribution in [0.15, 0.2) is 303 Å². The van der Waals surface area contributed by atoms with Crippen molar-refractivity contribution in [2.45, 2.75) is 0 Å². The molecular weight excluding hydrogens is 921 g/mol. The first-order valence-electron chi connectivity index (χ1n) is 25.9. The highest BCUT2D eigenvalue weighted by molar-refractivity contribution is 6.25. The maximum absolute atomic E-state index is 14.4. The van der Waals surface area contributed by atoms with Crippen LogP contribution in [0.25, 0.3) is 77.9 Å². The van der Waals surface area contributed by atoms with Gasteiger partial charge in [-0.25, -0.2) is 0 Å². The number of carbonyl (C=O) groups excluding carboxylic acids is 1. The highest BCUT2D eigenvalue weighted by Gasteiger charge is 2.32. The third kappa shape index (κ3) is 8.76. The van der Waals surface area contributed by atoms with Gasteiger partial charge in [-0.05, 0) is 140 Å². The SMILES string of the molecule is O=C1c2cccc(-c3ccc(N(c4ccc(-c5ccccc5)cc4)c4ccc(-c5ccccc5)cc4)cc3)c2-c2c1cccc2-c1ccc(N(c2ccc(-c3ccccc3)cc2)c2ccc(-c3ccccc3)cc2)cc1. The molecule has 0 aliphatic heterocycles. The predicted molar refractivity (Wildman–Crippen MR) is 317 cm³/mol. The second kappa shape index (κ2) is 20.1. The average molecular weight is 971 g/mol. The van der Waals surface area contributed by atoms with Crippen LogP contribution in [0.4, 0.5) is 34.1 Å². The van der Waals surface area contributed by atoms with Crippen LogP contribution in [0.5, 0.6) is 0 Å². The molecule has 358 valence electrons. The van der Waals surface area contributed by atoms with Crippen molar-refractivity contribution in [3.63, 3.8) is 0 Å². The molecule has 0 fully saturated rings. The van der Waals surface area contributed by atoms with E-state index < -0.39 is 0 Å². The monoisotopic (exact) mass is 970 g/mol. The van der Waals surface area contributed by atoms with Crippen LogP contribution < -0.4 is 9.80 Å². The topological polar surface area (TPSA) is 23.6 Å². The summed E-state index contributed by atoms with van der Waals surface area (Å²) < 4.78 is 0. The van der Waals surface area contributed by atoms with Gasteiger partial charge in [0.15, 0.2) is 5.78 Å². The van der Waals surface area contributed by atoms with Crippen molar-refractivity contribution in [2.24, 2.45) is 0 Å². The molecule has 12 aromatic rings. The number of ketones is 1. The van der Waals surface area contributed by atoms with Crippen molar-refractivity contribution in [3.8, 4) is 77.9 Å². The third-order valence-corrected chi connectivity index (χ3v) is 14.7. The highest BCUT2D eigenvalue weighted by Crippen LogP contribution is 2.49. The molecule has 0 saturated heterocycles. The van der Waals surface area contributed by atoms with E-state index in [1.54, 1.807) is 0 Å². The average Bonchev–Trinajstić information content (AvgIpc) is 3.81. The van der Waals surface area contributed by atoms with E-state index in [1.165, 1.54) is 44.5 Å². The molecule has 0 aromatic heterocycles. The van der Waals surface area contributed by atoms with E-state index in [4.69, 9.17) is 0 Å². The zero-order chi connectivity index (χ0) is 50.8. The van der Waals surface area contributed by atoms with Gasteiger partial charge in [-0.3, -0.25) is 4.79 Å². The number of nitrogens with zero attached hydrogens (tertiary/aromatic N) is 2. The number of rotatable bonds is 12. The minimum Gasteiger partial charge on any atom is -0.311 e. The number of anilines is 6. The molecule has 0 atom stereocenters. The first kappa shape index (κ1) is 45.7. The Morgan fingerprint density at radius 2 is 0.368 bits per heavy atom. The second-order valence-electron chi connectivity index (χ2n) is 19.2. The molecule has 3 heteroatoms. The fourth-order valence-corrected chi connectivity index (χ4v) is 10.9. The predicted octanol–water partition coefficient (Wildman–Crippen LogP) is 19.8. The molecule has 13 rings (SSSR count). The van der Waals surface area contributed by atoms with Gasteiger partial charge in [0, 0.05) is 56.4 Å². The van der Waals surface area contributed by atoms with E-state index in [1.807, 2.05) is 24.3 Å². The Kier molecular flexibility index (Phi) is 12.1. The summed E-state index contributed by atoms with van der Waals surface area (Å²) in [4.78, 5) is 19.0. The van der Waals surface area contributed by atoms with E-state index in [0.717, 1.165) is 78.6 Å². The van der Waals surface area contributed by atoms with Crippen molar-refractivity contribution < 1.29 is 4.79 Å². The second-order valence-corrected chi connectivity index (χ2v) is 19.2. The van der Waals surface area contributed by atoms with Crippen molar-refractivity contribution in [1.29, 1.82) is 0 Å². The zero-order valence-corrected chi connectivity index (χ0v) is 41.7. The summed E-state index contributed by atoms with van der Waals surface area (Å²) in [5, 5.41) is 0. The largest absolute Gasteiger partial charge is 0.311 e. The van der Waals surface area contributed by atoms with Crippen molar-refractivity contribution >= 4 is 39.9 Å². The molecule has 0 unspecified atom stereocenters. The maximum Gasteiger partial charge on any atom is 0.194 e. The van der Waals surface area contributed by atoms with E-state index in [0.29, 0.717) is 0 Å². The van der Waals surface area contributed by atoms with Crippen molar-refractivity contribution in [3.05, 3.63) is 314 Å². The third-order valence-electron chi connectivity index (χ3n) is 14.7. The number of fused-ring (bicyclic) bond motifs is 3. The molecule has 0 spiro atoms. The van der Waals surface area contributed by atoms with Gasteiger partial charge >= 0.3 is 0 Å². The lowest BCUT2D eigenvalue weighted by atomic mass is 9.89. The van der Waals surface area contributed by atoms with Gasteiger partial charge in [0.1, 0.15) is 0 Å². The van der Waals surface area contributed by atoms with Crippen LogP contribution >= 0.6 is 0 Å². The molecule has 0 N–H and O–H groups in total. The first-order valence-corrected chi connectivity index (χ1v) is 25.9. The van der Waals surface area contributed by atoms with Crippen LogP contribution in [0.2, 0.25) is 0 Å². The van der Waals surface area contributed by atoms with Gasteiger partial charge < -0.3 is 9.80 Å². The summed E-state index contributed by atoms with van der Waals surface area (Å²) in [5.74, 6) is 0.0510. The summed E-state index contributed by atoms with van der Waals surface area (Å²) in [6.07, 6.45) is 0. The Balaban J connectivity index is 0.850. The molecule has 1 aliphatic rings. The molecule has 0 saturated carbocycles. The lowest BCUT2D eigenvalue weighted by Crippen LogP contribution is -2.09. The quantitative estimate of drug-likeness (QED) is 0.122. The Morgan fingerprint density at radius 3 is 0.605 bits per heavy atom. The molecular formula is C73H50N2O. The first-order chi connectivity index (χ1) is 37.6. The summed E-state index contributed by atoms with van der Waals surface area (Å²) in [6.45, 7) is 0. The van der Waals surface area contributed by atoms with Gasteiger partial charge in [0.25, 0.3) is 0 Å². The van der Waals surface area contributed by atoms with Gasteiger partial charge in [0.05, 0.1) is 0 Å². The smallest absolute Gasteiger partial charge is 0.194 e. The minimum absolute atomic E-state index is 0.0510. The molecule has 0 heterocycles. The van der Waals surface area contributed by atoms with Crippen LogP contribution in [0.3, 0.4) is 0 Å². The normalized spacial score (nSPS) is 11.4. The summed E-state index contributed by atoms with van der Waals surface area (Å²) in [7, 11) is 0. The summed E-state index contributed by atoms with van der Waals surface area (Å²) >= 11 is 0. The van der Waals surface area contributed by atoms with Gasteiger partial charge in [0.2, 0.25) is 0 Å². The summed E-state index contributed by atoms with van der Waals surface area (Å²) in [6, 6.07) is 107. The lowest BCUT2D eigenvalue weighted by molar-refractivity contribution is 0.104. The summed E-state index contributed by atoms with van der Waals surface area (Å²) in [5.41, 5.74) is 23.2. The highest BCUT2D eigenvalue weighted by atomic mass is 16.1. The molecule has 3 nitrogen and oxygen atoms in total. The van der Waals surface area contributed by atoms with E-state index in [-0.39, 0.29) is 5.78 Å². The van der Waals surface area contributed by atoms with Gasteiger partial charge in [-0.1, -0.05) is 231 Å². The van der Waals surface area contributed by atoms with Crippen LogP contribution in [-0.2, 0) is 0 Å². The van der Waals surface area contributed by atoms with Crippen molar-refractivity contribution in [1.82, 2.24) is 0 Å². The van der Waals surface area contributed by atoms with E-state index in [9.17, 15) is 4.79 Å². The molecule has 76 heavy (non-hydrogen) atoms. The maximum atomic E-state index is 14.4. The Hall–Kier alpha value is -10.1. The van der Waals surface area contributed by atoms with Gasteiger partial charge in [-0.15, -0.1) is 0 Å². The lowest BCUT2D eigenvalue weighted by Gasteiger charge is -2.26. The fraction of sp³-hybridized carbons (Fsp3) is 0. The molecule has 0 radical (unpaired) electrons.